The molecule has 27 heavy (non-hydrogen) atoms. The highest BCUT2D eigenvalue weighted by Crippen LogP contribution is 2.44. The highest BCUT2D eigenvalue weighted by atomic mass is 19.3. The Labute approximate surface area is 159 Å². The van der Waals surface area contributed by atoms with E-state index in [9.17, 15) is 23.2 Å². The largest absolute Gasteiger partial charge is 0.348 e. The van der Waals surface area contributed by atoms with Crippen LogP contribution in [0.4, 0.5) is 8.78 Å². The van der Waals surface area contributed by atoms with E-state index in [0.717, 1.165) is 6.42 Å². The van der Waals surface area contributed by atoms with E-state index in [-0.39, 0.29) is 55.4 Å². The number of nitrogens with one attached hydrogen (secondary N) is 2. The third-order valence-electron chi connectivity index (χ3n) is 5.97. The second kappa shape index (κ2) is 8.10. The third-order valence-corrected chi connectivity index (χ3v) is 5.97. The molecule has 1 aliphatic heterocycles. The molecular weight excluding hydrogens is 356 g/mol. The molecule has 3 amide bonds. The van der Waals surface area contributed by atoms with Gasteiger partial charge in [-0.25, -0.2) is 8.78 Å². The number of nitrogens with zero attached hydrogens (tertiary/aromatic N) is 1. The normalized spacial score (nSPS) is 23.7. The molecule has 2 rings (SSSR count). The fourth-order valence-electron chi connectivity index (χ4n) is 3.71. The first-order valence-corrected chi connectivity index (χ1v) is 9.72. The molecule has 0 aromatic carbocycles. The van der Waals surface area contributed by atoms with Crippen molar-refractivity contribution in [2.45, 2.75) is 77.8 Å². The molecule has 0 radical (unpaired) electrons. The number of carbonyl (C=O) groups is 3. The lowest BCUT2D eigenvalue weighted by atomic mass is 9.73. The summed E-state index contributed by atoms with van der Waals surface area (Å²) >= 11 is 0. The van der Waals surface area contributed by atoms with Gasteiger partial charge in [-0.2, -0.15) is 0 Å². The van der Waals surface area contributed by atoms with Gasteiger partial charge in [0.1, 0.15) is 6.04 Å². The van der Waals surface area contributed by atoms with Gasteiger partial charge >= 0.3 is 0 Å². The van der Waals surface area contributed by atoms with Gasteiger partial charge in [-0.1, -0.05) is 27.2 Å². The first kappa shape index (κ1) is 21.6. The van der Waals surface area contributed by atoms with Crippen molar-refractivity contribution in [2.75, 3.05) is 13.1 Å². The molecular formula is C19H31F2N3O3. The van der Waals surface area contributed by atoms with Crippen LogP contribution >= 0.6 is 0 Å². The summed E-state index contributed by atoms with van der Waals surface area (Å²) < 4.78 is 26.7. The Morgan fingerprint density at radius 2 is 1.70 bits per heavy atom. The van der Waals surface area contributed by atoms with E-state index in [0.29, 0.717) is 13.1 Å². The van der Waals surface area contributed by atoms with E-state index < -0.39 is 17.4 Å². The predicted octanol–water partition coefficient (Wildman–Crippen LogP) is 2.08. The van der Waals surface area contributed by atoms with Crippen LogP contribution in [0.25, 0.3) is 0 Å². The van der Waals surface area contributed by atoms with Crippen LogP contribution in [0, 0.1) is 11.3 Å². The Hall–Kier alpha value is -1.73. The van der Waals surface area contributed by atoms with Gasteiger partial charge in [0.05, 0.1) is 6.04 Å². The number of hydrogen-bond donors (Lipinski definition) is 2. The Kier molecular flexibility index (Phi) is 6.47. The van der Waals surface area contributed by atoms with E-state index in [4.69, 9.17) is 0 Å². The minimum absolute atomic E-state index is 0.00507. The van der Waals surface area contributed by atoms with Gasteiger partial charge in [0.2, 0.25) is 23.6 Å². The van der Waals surface area contributed by atoms with E-state index in [1.165, 1.54) is 6.92 Å². The second-order valence-electron chi connectivity index (χ2n) is 8.40. The number of halogens is 2. The molecule has 1 saturated heterocycles. The average molecular weight is 387 g/mol. The van der Waals surface area contributed by atoms with Crippen molar-refractivity contribution >= 4 is 17.7 Å². The Morgan fingerprint density at radius 3 is 2.19 bits per heavy atom. The van der Waals surface area contributed by atoms with Crippen LogP contribution in [0.15, 0.2) is 0 Å². The van der Waals surface area contributed by atoms with Gasteiger partial charge in [-0.15, -0.1) is 0 Å². The Morgan fingerprint density at radius 1 is 1.15 bits per heavy atom. The smallest absolute Gasteiger partial charge is 0.248 e. The van der Waals surface area contributed by atoms with Crippen molar-refractivity contribution in [3.05, 3.63) is 0 Å². The lowest BCUT2D eigenvalue weighted by Gasteiger charge is -2.46. The molecule has 154 valence electrons. The van der Waals surface area contributed by atoms with Gasteiger partial charge in [0.25, 0.3) is 0 Å². The number of amides is 3. The maximum Gasteiger partial charge on any atom is 0.248 e. The molecule has 0 bridgehead atoms. The molecule has 2 fully saturated rings. The molecule has 1 aliphatic carbocycles. The number of likely N-dealkylation sites (tertiary alicyclic amines) is 1. The fourth-order valence-corrected chi connectivity index (χ4v) is 3.71. The molecule has 2 aliphatic rings. The third kappa shape index (κ3) is 5.17. The predicted molar refractivity (Wildman–Crippen MR) is 97.1 cm³/mol. The van der Waals surface area contributed by atoms with Crippen molar-refractivity contribution in [1.82, 2.24) is 15.5 Å². The van der Waals surface area contributed by atoms with Crippen molar-refractivity contribution in [1.29, 1.82) is 0 Å². The van der Waals surface area contributed by atoms with Gasteiger partial charge in [0, 0.05) is 38.3 Å². The van der Waals surface area contributed by atoms with E-state index in [1.807, 2.05) is 13.8 Å². The SMILES string of the molecule is CC[C@H](C)[C@H](NC(C)=O)C(=O)NC1CN(C(=O)C2(C)CCC(F)(F)CC2)C1. The summed E-state index contributed by atoms with van der Waals surface area (Å²) in [6.45, 7) is 7.74. The highest BCUT2D eigenvalue weighted by Gasteiger charge is 2.48. The van der Waals surface area contributed by atoms with Gasteiger partial charge in [-0.05, 0) is 18.8 Å². The zero-order chi connectivity index (χ0) is 20.4. The maximum atomic E-state index is 13.4. The molecule has 6 nitrogen and oxygen atoms in total. The van der Waals surface area contributed by atoms with Crippen LogP contribution < -0.4 is 10.6 Å². The molecule has 2 N–H and O–H groups in total. The second-order valence-corrected chi connectivity index (χ2v) is 8.40. The quantitative estimate of drug-likeness (QED) is 0.732. The molecule has 0 aromatic heterocycles. The molecule has 0 spiro atoms. The van der Waals surface area contributed by atoms with E-state index in [1.54, 1.807) is 11.8 Å². The first-order chi connectivity index (χ1) is 12.5. The fraction of sp³-hybridized carbons (Fsp3) is 0.842. The first-order valence-electron chi connectivity index (χ1n) is 9.72. The van der Waals surface area contributed by atoms with Crippen molar-refractivity contribution in [2.24, 2.45) is 11.3 Å². The summed E-state index contributed by atoms with van der Waals surface area (Å²) in [5, 5.41) is 5.56. The standard InChI is InChI=1S/C19H31F2N3O3/c1-5-12(2)15(22-13(3)25)16(26)23-14-10-24(11-14)17(27)18(4)6-8-19(20,21)9-7-18/h12,14-15H,5-11H2,1-4H3,(H,22,25)(H,23,26)/t12-,15-/m0/s1. The summed E-state index contributed by atoms with van der Waals surface area (Å²) in [4.78, 5) is 38.2. The minimum atomic E-state index is -2.67. The van der Waals surface area contributed by atoms with Gasteiger partial charge in [0.15, 0.2) is 0 Å². The molecule has 0 aromatic rings. The monoisotopic (exact) mass is 387 g/mol. The molecule has 8 heteroatoms. The number of hydrogen-bond acceptors (Lipinski definition) is 3. The summed E-state index contributed by atoms with van der Waals surface area (Å²) in [5.74, 6) is -3.29. The van der Waals surface area contributed by atoms with Crippen molar-refractivity contribution < 1.29 is 23.2 Å². The average Bonchev–Trinajstić information content (AvgIpc) is 2.56. The van der Waals surface area contributed by atoms with Crippen molar-refractivity contribution in [3.63, 3.8) is 0 Å². The summed E-state index contributed by atoms with van der Waals surface area (Å²) in [5.41, 5.74) is -0.744. The number of carbonyl (C=O) groups excluding carboxylic acids is 3. The number of alkyl halides is 2. The maximum absolute atomic E-state index is 13.4. The van der Waals surface area contributed by atoms with Gasteiger partial charge < -0.3 is 15.5 Å². The summed E-state index contributed by atoms with van der Waals surface area (Å²) in [6, 6.07) is -0.772. The van der Waals surface area contributed by atoms with E-state index >= 15 is 0 Å². The lowest BCUT2D eigenvalue weighted by molar-refractivity contribution is -0.154. The molecule has 1 saturated carbocycles. The van der Waals surface area contributed by atoms with Gasteiger partial charge in [-0.3, -0.25) is 14.4 Å². The molecule has 2 atom stereocenters. The Bertz CT molecular complexity index is 581. The van der Waals surface area contributed by atoms with E-state index in [2.05, 4.69) is 10.6 Å². The molecule has 1 heterocycles. The van der Waals surface area contributed by atoms with Crippen LogP contribution in [-0.4, -0.2) is 53.7 Å². The highest BCUT2D eigenvalue weighted by molar-refractivity contribution is 5.88. The zero-order valence-electron chi connectivity index (χ0n) is 16.6. The summed E-state index contributed by atoms with van der Waals surface area (Å²) in [6.07, 6.45) is 0.611. The van der Waals surface area contributed by atoms with Crippen LogP contribution in [0.5, 0.6) is 0 Å². The Balaban J connectivity index is 1.85. The number of rotatable bonds is 6. The van der Waals surface area contributed by atoms with Crippen LogP contribution in [-0.2, 0) is 14.4 Å². The summed E-state index contributed by atoms with van der Waals surface area (Å²) in [7, 11) is 0. The van der Waals surface area contributed by atoms with Crippen LogP contribution in [0.2, 0.25) is 0 Å². The minimum Gasteiger partial charge on any atom is -0.348 e. The van der Waals surface area contributed by atoms with Crippen molar-refractivity contribution in [3.8, 4) is 0 Å². The topological polar surface area (TPSA) is 78.5 Å². The van der Waals surface area contributed by atoms with Crippen LogP contribution in [0.3, 0.4) is 0 Å². The van der Waals surface area contributed by atoms with Crippen LogP contribution in [0.1, 0.15) is 59.8 Å². The lowest BCUT2D eigenvalue weighted by Crippen LogP contribution is -2.65. The molecule has 0 unspecified atom stereocenters. The zero-order valence-corrected chi connectivity index (χ0v) is 16.6.